The molecule has 0 fully saturated rings. The highest BCUT2D eigenvalue weighted by atomic mass is 15.1. The normalized spacial score (nSPS) is 12.5. The fourth-order valence-electron chi connectivity index (χ4n) is 2.26. The highest BCUT2D eigenvalue weighted by molar-refractivity contribution is 4.92. The van der Waals surface area contributed by atoms with Gasteiger partial charge in [0.05, 0.1) is 0 Å². The Balaban J connectivity index is 3.39. The monoisotopic (exact) mass is 365 g/mol. The van der Waals surface area contributed by atoms with Crippen LogP contribution in [-0.2, 0) is 0 Å². The molecular formula is C21H43N5. The van der Waals surface area contributed by atoms with Gasteiger partial charge in [0.1, 0.15) is 0 Å². The minimum atomic E-state index is 0.924. The Morgan fingerprint density at radius 1 is 0.577 bits per heavy atom. The average Bonchev–Trinajstić information content (AvgIpc) is 2.64. The third kappa shape index (κ3) is 21.1. The minimum Gasteiger partial charge on any atom is -0.317 e. The van der Waals surface area contributed by atoms with Gasteiger partial charge in [-0.15, -0.1) is 0 Å². The second-order valence-electron chi connectivity index (χ2n) is 6.37. The molecule has 4 N–H and O–H groups in total. The lowest BCUT2D eigenvalue weighted by molar-refractivity contribution is 0.412. The molecule has 0 saturated heterocycles. The minimum absolute atomic E-state index is 0.924. The van der Waals surface area contributed by atoms with Crippen molar-refractivity contribution in [2.45, 2.75) is 26.7 Å². The first kappa shape index (κ1) is 25.0. The molecule has 0 aliphatic rings. The second-order valence-corrected chi connectivity index (χ2v) is 6.37. The summed E-state index contributed by atoms with van der Waals surface area (Å²) >= 11 is 0. The first-order valence-corrected chi connectivity index (χ1v) is 10.3. The number of nitrogens with one attached hydrogen (secondary N) is 4. The maximum absolute atomic E-state index is 3.46. The molecule has 0 unspecified atom stereocenters. The molecule has 0 aromatic heterocycles. The highest BCUT2D eigenvalue weighted by Crippen LogP contribution is 1.86. The Hall–Kier alpha value is -0.980. The van der Waals surface area contributed by atoms with E-state index in [1.54, 1.807) is 0 Å². The number of rotatable bonds is 19. The van der Waals surface area contributed by atoms with E-state index in [-0.39, 0.29) is 0 Å². The van der Waals surface area contributed by atoms with Gasteiger partial charge in [0.15, 0.2) is 0 Å². The first-order valence-electron chi connectivity index (χ1n) is 10.3. The van der Waals surface area contributed by atoms with E-state index in [0.717, 1.165) is 65.4 Å². The van der Waals surface area contributed by atoms with Gasteiger partial charge >= 0.3 is 0 Å². The molecule has 0 aromatic carbocycles. The predicted octanol–water partition coefficient (Wildman–Crippen LogP) is 1.77. The van der Waals surface area contributed by atoms with E-state index in [1.165, 1.54) is 12.8 Å². The van der Waals surface area contributed by atoms with E-state index in [4.69, 9.17) is 0 Å². The van der Waals surface area contributed by atoms with Gasteiger partial charge < -0.3 is 21.3 Å². The number of hydrogen-bond acceptors (Lipinski definition) is 5. The number of unbranched alkanes of at least 4 members (excludes halogenated alkanes) is 1. The smallest absolute Gasteiger partial charge is 0.0163 e. The van der Waals surface area contributed by atoms with Crippen molar-refractivity contribution in [1.29, 1.82) is 0 Å². The summed E-state index contributed by atoms with van der Waals surface area (Å²) < 4.78 is 0. The molecule has 5 nitrogen and oxygen atoms in total. The van der Waals surface area contributed by atoms with Crippen LogP contribution in [0.3, 0.4) is 0 Å². The van der Waals surface area contributed by atoms with E-state index in [1.807, 2.05) is 0 Å². The molecular weight excluding hydrogens is 322 g/mol. The van der Waals surface area contributed by atoms with E-state index in [2.05, 4.69) is 83.5 Å². The van der Waals surface area contributed by atoms with Crippen LogP contribution in [-0.4, -0.2) is 77.4 Å². The molecule has 0 aliphatic heterocycles. The number of hydrogen-bond donors (Lipinski definition) is 4. The van der Waals surface area contributed by atoms with Crippen LogP contribution in [0.2, 0.25) is 0 Å². The lowest BCUT2D eigenvalue weighted by atomic mass is 10.3. The van der Waals surface area contributed by atoms with Crippen molar-refractivity contribution in [2.24, 2.45) is 0 Å². The summed E-state index contributed by atoms with van der Waals surface area (Å²) in [6, 6.07) is 0. The van der Waals surface area contributed by atoms with E-state index < -0.39 is 0 Å². The predicted molar refractivity (Wildman–Crippen MR) is 117 cm³/mol. The Kier molecular flexibility index (Phi) is 21.2. The maximum Gasteiger partial charge on any atom is 0.0163 e. The third-order valence-corrected chi connectivity index (χ3v) is 3.84. The zero-order valence-electron chi connectivity index (χ0n) is 17.4. The number of nitrogens with zero attached hydrogens (tertiary/aromatic N) is 1. The van der Waals surface area contributed by atoms with Gasteiger partial charge in [-0.25, -0.2) is 0 Å². The van der Waals surface area contributed by atoms with E-state index >= 15 is 0 Å². The summed E-state index contributed by atoms with van der Waals surface area (Å²) in [5.74, 6) is 0. The summed E-state index contributed by atoms with van der Waals surface area (Å²) in [6.07, 6.45) is 15.7. The average molecular weight is 366 g/mol. The lowest BCUT2D eigenvalue weighted by Gasteiger charge is -2.11. The molecule has 152 valence electrons. The van der Waals surface area contributed by atoms with Gasteiger partial charge in [-0.05, 0) is 46.1 Å². The molecule has 0 rings (SSSR count). The molecule has 0 atom stereocenters. The molecule has 0 radical (unpaired) electrons. The van der Waals surface area contributed by atoms with Crippen molar-refractivity contribution in [2.75, 3.05) is 72.5 Å². The van der Waals surface area contributed by atoms with Crippen molar-refractivity contribution < 1.29 is 0 Å². The maximum atomic E-state index is 3.46. The van der Waals surface area contributed by atoms with Crippen molar-refractivity contribution in [3.63, 3.8) is 0 Å². The quantitative estimate of drug-likeness (QED) is 0.208. The first-order chi connectivity index (χ1) is 12.8. The van der Waals surface area contributed by atoms with Crippen LogP contribution < -0.4 is 21.3 Å². The largest absolute Gasteiger partial charge is 0.317 e. The molecule has 0 bridgehead atoms. The summed E-state index contributed by atoms with van der Waals surface area (Å²) in [4.78, 5) is 2.31. The van der Waals surface area contributed by atoms with Crippen LogP contribution in [0.5, 0.6) is 0 Å². The zero-order chi connectivity index (χ0) is 19.1. The van der Waals surface area contributed by atoms with Crippen molar-refractivity contribution in [3.05, 3.63) is 36.5 Å². The van der Waals surface area contributed by atoms with Crippen molar-refractivity contribution >= 4 is 0 Å². The summed E-state index contributed by atoms with van der Waals surface area (Å²) in [5.41, 5.74) is 0. The summed E-state index contributed by atoms with van der Waals surface area (Å²) in [5, 5.41) is 13.5. The zero-order valence-corrected chi connectivity index (χ0v) is 17.4. The Labute approximate surface area is 162 Å². The van der Waals surface area contributed by atoms with Crippen molar-refractivity contribution in [1.82, 2.24) is 26.2 Å². The highest BCUT2D eigenvalue weighted by Gasteiger charge is 1.91. The summed E-state index contributed by atoms with van der Waals surface area (Å²) in [6.45, 7) is 14.4. The fraction of sp³-hybridized carbons (Fsp3) is 0.714. The fourth-order valence-corrected chi connectivity index (χ4v) is 2.26. The van der Waals surface area contributed by atoms with Gasteiger partial charge in [0, 0.05) is 39.3 Å². The Bertz CT molecular complexity index is 352. The Morgan fingerprint density at radius 2 is 1.04 bits per heavy atom. The van der Waals surface area contributed by atoms with Crippen LogP contribution in [0.4, 0.5) is 0 Å². The van der Waals surface area contributed by atoms with Crippen LogP contribution in [0.1, 0.15) is 26.7 Å². The Morgan fingerprint density at radius 3 is 1.62 bits per heavy atom. The van der Waals surface area contributed by atoms with E-state index in [0.29, 0.717) is 0 Å². The second kappa shape index (κ2) is 22.1. The standard InChI is InChI=1S/C21H43N5/c1-4-22-14-6-8-16-24-18-10-12-20-26(3)21-13-11-19-25-17-9-7-15-23-5-2/h6,8,10-13,22-25H,4-5,7,9,14-21H2,1-3H3/b8-6-,12-10-,13-11-. The lowest BCUT2D eigenvalue weighted by Crippen LogP contribution is -2.20. The van der Waals surface area contributed by atoms with Crippen LogP contribution in [0.25, 0.3) is 0 Å². The van der Waals surface area contributed by atoms with Crippen LogP contribution in [0.15, 0.2) is 36.5 Å². The van der Waals surface area contributed by atoms with Crippen LogP contribution >= 0.6 is 0 Å². The van der Waals surface area contributed by atoms with Gasteiger partial charge in [-0.2, -0.15) is 0 Å². The van der Waals surface area contributed by atoms with Gasteiger partial charge in [-0.1, -0.05) is 50.3 Å². The molecule has 0 heterocycles. The molecule has 5 heteroatoms. The molecule has 0 saturated carbocycles. The molecule has 0 amide bonds. The summed E-state index contributed by atoms with van der Waals surface area (Å²) in [7, 11) is 2.15. The molecule has 0 aliphatic carbocycles. The molecule has 0 spiro atoms. The third-order valence-electron chi connectivity index (χ3n) is 3.84. The topological polar surface area (TPSA) is 51.4 Å². The van der Waals surface area contributed by atoms with Gasteiger partial charge in [-0.3, -0.25) is 4.90 Å². The van der Waals surface area contributed by atoms with Gasteiger partial charge in [0.25, 0.3) is 0 Å². The SMILES string of the molecule is CCNC/C=C\CNC/C=C\CN(C)C/C=C\CNCCCCNCC. The van der Waals surface area contributed by atoms with Gasteiger partial charge in [0.2, 0.25) is 0 Å². The van der Waals surface area contributed by atoms with Crippen LogP contribution in [0, 0.1) is 0 Å². The molecule has 0 aromatic rings. The molecule has 26 heavy (non-hydrogen) atoms. The number of likely N-dealkylation sites (N-methyl/N-ethyl adjacent to an activating group) is 2. The van der Waals surface area contributed by atoms with Crippen molar-refractivity contribution in [3.8, 4) is 0 Å². The van der Waals surface area contributed by atoms with E-state index in [9.17, 15) is 0 Å².